The molecule has 0 aromatic heterocycles. The van der Waals surface area contributed by atoms with E-state index in [4.69, 9.17) is 24.4 Å². The van der Waals surface area contributed by atoms with Gasteiger partial charge >= 0.3 is 0 Å². The monoisotopic (exact) mass is 372 g/mol. The van der Waals surface area contributed by atoms with Crippen molar-refractivity contribution in [2.24, 2.45) is 10.8 Å². The summed E-state index contributed by atoms with van der Waals surface area (Å²) in [4.78, 5) is 25.3. The van der Waals surface area contributed by atoms with Crippen molar-refractivity contribution >= 4 is 46.2 Å². The first-order valence-corrected chi connectivity index (χ1v) is 8.90. The molecule has 0 unspecified atom stereocenters. The second kappa shape index (κ2) is 7.74. The van der Waals surface area contributed by atoms with Crippen molar-refractivity contribution in [2.75, 3.05) is 14.1 Å². The Bertz CT molecular complexity index is 544. The van der Waals surface area contributed by atoms with Gasteiger partial charge in [-0.2, -0.15) is 0 Å². The fourth-order valence-corrected chi connectivity index (χ4v) is 2.55. The highest BCUT2D eigenvalue weighted by Crippen LogP contribution is 2.46. The van der Waals surface area contributed by atoms with Crippen molar-refractivity contribution in [3.63, 3.8) is 0 Å². The van der Waals surface area contributed by atoms with Crippen LogP contribution in [0, 0.1) is 10.8 Å². The Morgan fingerprint density at radius 2 is 1.54 bits per heavy atom. The molecule has 24 heavy (non-hydrogen) atoms. The molecule has 1 aliphatic rings. The summed E-state index contributed by atoms with van der Waals surface area (Å²) in [5, 5.41) is 3.04. The molecular weight excluding hydrogens is 344 g/mol. The van der Waals surface area contributed by atoms with E-state index in [-0.39, 0.29) is 17.3 Å². The highest BCUT2D eigenvalue weighted by Gasteiger charge is 2.43. The minimum atomic E-state index is -0.416. The molecule has 1 aliphatic carbocycles. The molecule has 1 saturated carbocycles. The molecule has 0 radical (unpaired) electrons. The lowest BCUT2D eigenvalue weighted by molar-refractivity contribution is -0.132. The van der Waals surface area contributed by atoms with Gasteiger partial charge in [-0.1, -0.05) is 52.1 Å². The van der Waals surface area contributed by atoms with Crippen LogP contribution in [0.15, 0.2) is 0 Å². The summed E-state index contributed by atoms with van der Waals surface area (Å²) in [6, 6.07) is 0. The molecule has 0 aliphatic heterocycles. The average molecular weight is 373 g/mol. The Hall–Kier alpha value is -1.28. The van der Waals surface area contributed by atoms with Crippen LogP contribution in [0.25, 0.3) is 0 Å². The number of hydrogen-bond donors (Lipinski definition) is 2. The molecule has 1 rings (SSSR count). The maximum Gasteiger partial charge on any atom is 0.248 e. The van der Waals surface area contributed by atoms with Gasteiger partial charge in [-0.05, 0) is 19.3 Å². The molecule has 136 valence electrons. The number of rotatable bonds is 5. The summed E-state index contributed by atoms with van der Waals surface area (Å²) in [6.07, 6.45) is 2.63. The SMILES string of the molecule is CCC(C)(C)C(=S)N(C)NC(=O)CC(=O)NN(C)C(=S)C1(C)CC1. The van der Waals surface area contributed by atoms with Gasteiger partial charge in [0.2, 0.25) is 11.8 Å². The van der Waals surface area contributed by atoms with Crippen LogP contribution < -0.4 is 10.9 Å². The molecule has 0 aromatic rings. The lowest BCUT2D eigenvalue weighted by Crippen LogP contribution is -2.50. The van der Waals surface area contributed by atoms with E-state index in [1.54, 1.807) is 14.1 Å². The maximum atomic E-state index is 12.0. The van der Waals surface area contributed by atoms with Crippen molar-refractivity contribution in [1.29, 1.82) is 0 Å². The number of nitrogens with zero attached hydrogens (tertiary/aromatic N) is 2. The van der Waals surface area contributed by atoms with Crippen molar-refractivity contribution in [2.45, 2.75) is 53.4 Å². The fourth-order valence-electron chi connectivity index (χ4n) is 2.11. The number of carbonyl (C=O) groups excluding carboxylic acids is 2. The van der Waals surface area contributed by atoms with Gasteiger partial charge in [0.25, 0.3) is 0 Å². The molecule has 0 bridgehead atoms. The maximum absolute atomic E-state index is 12.0. The molecule has 0 heterocycles. The highest BCUT2D eigenvalue weighted by atomic mass is 32.1. The Balaban J connectivity index is 2.45. The van der Waals surface area contributed by atoms with E-state index in [1.165, 1.54) is 10.0 Å². The third-order valence-corrected chi connectivity index (χ3v) is 6.09. The van der Waals surface area contributed by atoms with Gasteiger partial charge in [-0.25, -0.2) is 0 Å². The summed E-state index contributed by atoms with van der Waals surface area (Å²) in [5.41, 5.74) is 5.07. The standard InChI is InChI=1S/C16H28N4O2S2/c1-7-15(2,3)13(23)19(5)17-11(21)10-12(22)18-20(6)14(24)16(4)8-9-16/h7-10H2,1-6H3,(H,17,21)(H,18,22). The lowest BCUT2D eigenvalue weighted by atomic mass is 9.90. The lowest BCUT2D eigenvalue weighted by Gasteiger charge is -2.31. The van der Waals surface area contributed by atoms with Crippen molar-refractivity contribution in [3.05, 3.63) is 0 Å². The first-order valence-electron chi connectivity index (χ1n) is 8.08. The third kappa shape index (κ3) is 5.37. The van der Waals surface area contributed by atoms with Gasteiger partial charge in [0.05, 0.1) is 0 Å². The minimum Gasteiger partial charge on any atom is -0.281 e. The molecule has 2 amide bonds. The minimum absolute atomic E-state index is 0.00222. The number of amides is 2. The Labute approximate surface area is 155 Å². The molecule has 0 spiro atoms. The van der Waals surface area contributed by atoms with Crippen LogP contribution in [0.3, 0.4) is 0 Å². The topological polar surface area (TPSA) is 64.7 Å². The fraction of sp³-hybridized carbons (Fsp3) is 0.750. The summed E-state index contributed by atoms with van der Waals surface area (Å²) < 4.78 is 0. The van der Waals surface area contributed by atoms with Crippen molar-refractivity contribution in [1.82, 2.24) is 20.9 Å². The summed E-state index contributed by atoms with van der Waals surface area (Å²) in [5.74, 6) is -0.822. The van der Waals surface area contributed by atoms with Crippen LogP contribution in [0.4, 0.5) is 0 Å². The summed E-state index contributed by atoms with van der Waals surface area (Å²) >= 11 is 10.7. The molecule has 0 aromatic carbocycles. The van der Waals surface area contributed by atoms with Gasteiger partial charge in [-0.3, -0.25) is 30.5 Å². The first kappa shape index (κ1) is 20.8. The van der Waals surface area contributed by atoms with Gasteiger partial charge in [-0.15, -0.1) is 0 Å². The van der Waals surface area contributed by atoms with E-state index in [2.05, 4.69) is 17.8 Å². The Kier molecular flexibility index (Phi) is 6.69. The van der Waals surface area contributed by atoms with E-state index in [0.29, 0.717) is 9.98 Å². The van der Waals surface area contributed by atoms with Crippen molar-refractivity contribution < 1.29 is 9.59 Å². The van der Waals surface area contributed by atoms with E-state index in [0.717, 1.165) is 19.3 Å². The van der Waals surface area contributed by atoms with Crippen LogP contribution in [-0.4, -0.2) is 45.9 Å². The molecule has 1 fully saturated rings. The zero-order chi connectivity index (χ0) is 18.7. The van der Waals surface area contributed by atoms with Gasteiger partial charge < -0.3 is 0 Å². The first-order chi connectivity index (χ1) is 10.9. The van der Waals surface area contributed by atoms with Gasteiger partial charge in [0.15, 0.2) is 0 Å². The normalized spacial score (nSPS) is 15.2. The zero-order valence-electron chi connectivity index (χ0n) is 15.4. The quantitative estimate of drug-likeness (QED) is 0.438. The summed E-state index contributed by atoms with van der Waals surface area (Å²) in [6.45, 7) is 8.13. The van der Waals surface area contributed by atoms with E-state index in [9.17, 15) is 9.59 Å². The molecule has 6 nitrogen and oxygen atoms in total. The largest absolute Gasteiger partial charge is 0.281 e. The third-order valence-electron chi connectivity index (χ3n) is 4.49. The predicted octanol–water partition coefficient (Wildman–Crippen LogP) is 2.19. The highest BCUT2D eigenvalue weighted by molar-refractivity contribution is 7.80. The van der Waals surface area contributed by atoms with Crippen LogP contribution in [0.2, 0.25) is 0 Å². The van der Waals surface area contributed by atoms with Crippen LogP contribution in [0.1, 0.15) is 53.4 Å². The number of hydrogen-bond acceptors (Lipinski definition) is 4. The summed E-state index contributed by atoms with van der Waals surface area (Å²) in [7, 11) is 3.39. The Morgan fingerprint density at radius 3 is 1.96 bits per heavy atom. The van der Waals surface area contributed by atoms with Gasteiger partial charge in [0.1, 0.15) is 16.4 Å². The van der Waals surface area contributed by atoms with Crippen LogP contribution >= 0.6 is 24.4 Å². The zero-order valence-corrected chi connectivity index (χ0v) is 17.0. The number of nitrogens with one attached hydrogen (secondary N) is 2. The second-order valence-electron chi connectivity index (χ2n) is 7.27. The number of thiocarbonyl (C=S) groups is 2. The van der Waals surface area contributed by atoms with E-state index in [1.807, 2.05) is 20.8 Å². The Morgan fingerprint density at radius 1 is 1.08 bits per heavy atom. The molecule has 0 atom stereocenters. The predicted molar refractivity (Wildman–Crippen MR) is 103 cm³/mol. The van der Waals surface area contributed by atoms with Gasteiger partial charge in [0, 0.05) is 24.9 Å². The van der Waals surface area contributed by atoms with Crippen LogP contribution in [-0.2, 0) is 9.59 Å². The molecule has 2 N–H and O–H groups in total. The molecular formula is C16H28N4O2S2. The van der Waals surface area contributed by atoms with E-state index < -0.39 is 11.8 Å². The second-order valence-corrected chi connectivity index (χ2v) is 8.05. The molecule has 8 heteroatoms. The molecule has 0 saturated heterocycles. The van der Waals surface area contributed by atoms with E-state index >= 15 is 0 Å². The average Bonchev–Trinajstić information content (AvgIpc) is 3.23. The van der Waals surface area contributed by atoms with Crippen LogP contribution in [0.5, 0.6) is 0 Å². The number of carbonyl (C=O) groups is 2. The smallest absolute Gasteiger partial charge is 0.248 e. The number of hydrazine groups is 2. The van der Waals surface area contributed by atoms with Crippen molar-refractivity contribution in [3.8, 4) is 0 Å².